The van der Waals surface area contributed by atoms with Gasteiger partial charge in [-0.1, -0.05) is 12.1 Å². The maximum atomic E-state index is 16.9. The van der Waals surface area contributed by atoms with Crippen molar-refractivity contribution in [2.75, 3.05) is 27.4 Å². The van der Waals surface area contributed by atoms with Crippen LogP contribution in [0.5, 0.6) is 5.75 Å². The number of carbonyl (C=O) groups is 2. The minimum absolute atomic E-state index is 0.0214. The van der Waals surface area contributed by atoms with Crippen molar-refractivity contribution < 1.29 is 32.9 Å². The summed E-state index contributed by atoms with van der Waals surface area (Å²) in [6.07, 6.45) is 0.778. The summed E-state index contributed by atoms with van der Waals surface area (Å²) >= 11 is 0. The number of esters is 1. The van der Waals surface area contributed by atoms with Gasteiger partial charge in [-0.05, 0) is 82.9 Å². The smallest absolute Gasteiger partial charge is 0.419 e. The van der Waals surface area contributed by atoms with Gasteiger partial charge >= 0.3 is 12.1 Å². The molecule has 0 radical (unpaired) electrons. The molecule has 4 rings (SSSR count). The Hall–Kier alpha value is -3.43. The predicted octanol–water partition coefficient (Wildman–Crippen LogP) is 6.74. The van der Waals surface area contributed by atoms with Crippen molar-refractivity contribution in [3.8, 4) is 5.75 Å². The van der Waals surface area contributed by atoms with Crippen molar-refractivity contribution in [2.24, 2.45) is 0 Å². The van der Waals surface area contributed by atoms with Crippen molar-refractivity contribution in [1.82, 2.24) is 9.47 Å². The largest absolute Gasteiger partial charge is 0.496 e. The minimum atomic E-state index is -1.54. The average molecular weight is 555 g/mol. The number of halogens is 1. The Labute approximate surface area is 234 Å². The van der Waals surface area contributed by atoms with Gasteiger partial charge in [-0.3, -0.25) is 9.47 Å². The molecule has 9 heteroatoms. The highest BCUT2D eigenvalue weighted by molar-refractivity contribution is 5.95. The van der Waals surface area contributed by atoms with E-state index >= 15 is 4.39 Å². The molecule has 1 aliphatic heterocycles. The predicted molar refractivity (Wildman–Crippen MR) is 151 cm³/mol. The Kier molecular flexibility index (Phi) is 8.85. The SMILES string of the molecule is CCO[C@H]1CCN(C(F)c2c(OC)cc(C)c3c2ccn3C(=O)OC(C)(C)C)[C@H](c2ccc(C(=O)OC)cc2)C1. The molecule has 3 atom stereocenters. The van der Waals surface area contributed by atoms with Gasteiger partial charge < -0.3 is 18.9 Å². The first kappa shape index (κ1) is 29.6. The summed E-state index contributed by atoms with van der Waals surface area (Å²) in [4.78, 5) is 26.8. The topological polar surface area (TPSA) is 79.2 Å². The zero-order valence-corrected chi connectivity index (χ0v) is 24.3. The first-order valence-corrected chi connectivity index (χ1v) is 13.6. The van der Waals surface area contributed by atoms with E-state index in [0.29, 0.717) is 53.8 Å². The molecule has 0 aliphatic carbocycles. The molecule has 3 aromatic rings. The fourth-order valence-corrected chi connectivity index (χ4v) is 5.47. The number of aromatic nitrogens is 1. The van der Waals surface area contributed by atoms with Gasteiger partial charge in [-0.2, -0.15) is 0 Å². The molecule has 0 N–H and O–H groups in total. The van der Waals surface area contributed by atoms with Crippen molar-refractivity contribution in [1.29, 1.82) is 0 Å². The summed E-state index contributed by atoms with van der Waals surface area (Å²) in [6.45, 7) is 10.2. The number of carbonyl (C=O) groups excluding carboxylic acids is 2. The van der Waals surface area contributed by atoms with Gasteiger partial charge in [0.1, 0.15) is 11.4 Å². The lowest BCUT2D eigenvalue weighted by Crippen LogP contribution is -2.41. The van der Waals surface area contributed by atoms with Gasteiger partial charge in [0.05, 0.1) is 37.0 Å². The maximum Gasteiger partial charge on any atom is 0.419 e. The second-order valence-electron chi connectivity index (χ2n) is 11.0. The van der Waals surface area contributed by atoms with Crippen molar-refractivity contribution in [2.45, 2.75) is 71.5 Å². The molecule has 2 heterocycles. The third kappa shape index (κ3) is 6.00. The van der Waals surface area contributed by atoms with Gasteiger partial charge in [-0.15, -0.1) is 0 Å². The van der Waals surface area contributed by atoms with E-state index < -0.39 is 24.0 Å². The van der Waals surface area contributed by atoms with Crippen LogP contribution in [0.15, 0.2) is 42.6 Å². The van der Waals surface area contributed by atoms with Crippen LogP contribution in [-0.2, 0) is 14.2 Å². The van der Waals surface area contributed by atoms with Crippen LogP contribution in [0.1, 0.15) is 79.9 Å². The van der Waals surface area contributed by atoms with Gasteiger partial charge in [0.15, 0.2) is 6.30 Å². The quantitative estimate of drug-likeness (QED) is 0.236. The molecule has 0 bridgehead atoms. The number of nitrogens with zero attached hydrogens (tertiary/aromatic N) is 2. The Morgan fingerprint density at radius 3 is 2.42 bits per heavy atom. The van der Waals surface area contributed by atoms with Gasteiger partial charge in [0, 0.05) is 30.8 Å². The summed E-state index contributed by atoms with van der Waals surface area (Å²) in [5, 5.41) is 0.585. The van der Waals surface area contributed by atoms with Gasteiger partial charge in [-0.25, -0.2) is 14.0 Å². The summed E-state index contributed by atoms with van der Waals surface area (Å²) in [6, 6.07) is 10.3. The van der Waals surface area contributed by atoms with E-state index in [1.807, 2.05) is 26.0 Å². The highest BCUT2D eigenvalue weighted by atomic mass is 19.1. The number of benzene rings is 2. The van der Waals surface area contributed by atoms with E-state index in [-0.39, 0.29) is 12.1 Å². The fourth-order valence-electron chi connectivity index (χ4n) is 5.47. The molecule has 2 aromatic carbocycles. The van der Waals surface area contributed by atoms with Crippen molar-refractivity contribution in [3.63, 3.8) is 0 Å². The number of hydrogen-bond donors (Lipinski definition) is 0. The van der Waals surface area contributed by atoms with Crippen molar-refractivity contribution >= 4 is 23.0 Å². The van der Waals surface area contributed by atoms with Gasteiger partial charge in [0.25, 0.3) is 0 Å². The van der Waals surface area contributed by atoms with E-state index in [0.717, 1.165) is 11.1 Å². The summed E-state index contributed by atoms with van der Waals surface area (Å²) in [7, 11) is 2.86. The lowest BCUT2D eigenvalue weighted by molar-refractivity contribution is -0.0533. The molecule has 0 spiro atoms. The molecule has 216 valence electrons. The number of ether oxygens (including phenoxy) is 4. The number of alkyl halides is 1. The minimum Gasteiger partial charge on any atom is -0.496 e. The second kappa shape index (κ2) is 12.0. The van der Waals surface area contributed by atoms with Crippen LogP contribution in [0.2, 0.25) is 0 Å². The number of piperidine rings is 1. The van der Waals surface area contributed by atoms with E-state index in [9.17, 15) is 9.59 Å². The lowest BCUT2D eigenvalue weighted by atomic mass is 9.91. The highest BCUT2D eigenvalue weighted by Gasteiger charge is 2.38. The molecule has 1 fully saturated rings. The molecule has 1 aliphatic rings. The first-order chi connectivity index (χ1) is 19.0. The molecular formula is C31H39FN2O6. The number of methoxy groups -OCH3 is 2. The standard InChI is InChI=1S/C31H39FN2O6/c1-8-39-22-13-15-33(24(18-22)20-9-11-21(12-10-20)29(35)38-7)28(32)26-23-14-16-34(30(36)40-31(3,4)5)27(23)19(2)17-25(26)37-6/h9-12,14,16-17,22,24,28H,8,13,15,18H2,1-7H3/t22-,24-,28?/m0/s1. The normalized spacial score (nSPS) is 18.9. The Morgan fingerprint density at radius 2 is 1.82 bits per heavy atom. The van der Waals surface area contributed by atoms with E-state index in [1.165, 1.54) is 18.8 Å². The maximum absolute atomic E-state index is 16.9. The van der Waals surface area contributed by atoms with E-state index in [2.05, 4.69) is 0 Å². The number of fused-ring (bicyclic) bond motifs is 1. The molecule has 0 amide bonds. The zero-order valence-electron chi connectivity index (χ0n) is 24.3. The molecule has 8 nitrogen and oxygen atoms in total. The monoisotopic (exact) mass is 554 g/mol. The number of rotatable bonds is 7. The second-order valence-corrected chi connectivity index (χ2v) is 11.0. The highest BCUT2D eigenvalue weighted by Crippen LogP contribution is 2.45. The average Bonchev–Trinajstić information content (AvgIpc) is 3.37. The van der Waals surface area contributed by atoms with Gasteiger partial charge in [0.2, 0.25) is 0 Å². The molecule has 1 saturated heterocycles. The lowest BCUT2D eigenvalue weighted by Gasteiger charge is -2.41. The third-order valence-corrected chi connectivity index (χ3v) is 7.22. The van der Waals surface area contributed by atoms with E-state index in [1.54, 1.807) is 56.1 Å². The van der Waals surface area contributed by atoms with Crippen LogP contribution in [-0.4, -0.2) is 60.6 Å². The third-order valence-electron chi connectivity index (χ3n) is 7.22. The summed E-state index contributed by atoms with van der Waals surface area (Å²) in [5.74, 6) is -0.0185. The fraction of sp³-hybridized carbons (Fsp3) is 0.484. The van der Waals surface area contributed by atoms with Crippen LogP contribution in [0.4, 0.5) is 9.18 Å². The number of likely N-dealkylation sites (tertiary alicyclic amines) is 1. The van der Waals surface area contributed by atoms with Crippen LogP contribution in [0.3, 0.4) is 0 Å². The molecule has 1 aromatic heterocycles. The number of hydrogen-bond acceptors (Lipinski definition) is 7. The first-order valence-electron chi connectivity index (χ1n) is 13.6. The Morgan fingerprint density at radius 1 is 1.12 bits per heavy atom. The Bertz CT molecular complexity index is 1360. The van der Waals surface area contributed by atoms with E-state index in [4.69, 9.17) is 18.9 Å². The van der Waals surface area contributed by atoms with Crippen LogP contribution in [0, 0.1) is 6.92 Å². The molecule has 1 unspecified atom stereocenters. The summed E-state index contributed by atoms with van der Waals surface area (Å²) < 4.78 is 40.4. The molecular weight excluding hydrogens is 515 g/mol. The molecule has 0 saturated carbocycles. The molecule has 40 heavy (non-hydrogen) atoms. The Balaban J connectivity index is 1.78. The van der Waals surface area contributed by atoms with Crippen LogP contribution >= 0.6 is 0 Å². The number of aryl methyl sites for hydroxylation is 1. The van der Waals surface area contributed by atoms with Crippen molar-refractivity contribution in [3.05, 3.63) is 64.8 Å². The summed E-state index contributed by atoms with van der Waals surface area (Å²) in [5.41, 5.74) is 2.32. The van der Waals surface area contributed by atoms with Crippen LogP contribution in [0.25, 0.3) is 10.9 Å². The zero-order chi connectivity index (χ0) is 29.2. The van der Waals surface area contributed by atoms with Crippen LogP contribution < -0.4 is 4.74 Å².